The molecule has 5 atom stereocenters. The molecule has 3 rings (SSSR count). The molecule has 1 aromatic carbocycles. The van der Waals surface area contributed by atoms with Crippen LogP contribution in [0.25, 0.3) is 6.08 Å². The van der Waals surface area contributed by atoms with Gasteiger partial charge in [0.05, 0.1) is 13.2 Å². The van der Waals surface area contributed by atoms with Crippen molar-refractivity contribution in [1.82, 2.24) is 0 Å². The molecule has 2 bridgehead atoms. The molecule has 0 aliphatic carbocycles. The van der Waals surface area contributed by atoms with Crippen LogP contribution in [0.5, 0.6) is 0 Å². The van der Waals surface area contributed by atoms with Gasteiger partial charge in [0, 0.05) is 12.5 Å². The van der Waals surface area contributed by atoms with Gasteiger partial charge < -0.3 is 29.2 Å². The van der Waals surface area contributed by atoms with Crippen molar-refractivity contribution in [3.63, 3.8) is 0 Å². The van der Waals surface area contributed by atoms with Gasteiger partial charge in [0.2, 0.25) is 0 Å². The van der Waals surface area contributed by atoms with Gasteiger partial charge >= 0.3 is 11.9 Å². The van der Waals surface area contributed by atoms with Crippen LogP contribution in [0.4, 0.5) is 0 Å². The highest BCUT2D eigenvalue weighted by atomic mass is 16.7. The first kappa shape index (κ1) is 18.5. The van der Waals surface area contributed by atoms with Crippen LogP contribution in [-0.4, -0.2) is 66.1 Å². The summed E-state index contributed by atoms with van der Waals surface area (Å²) < 4.78 is 20.5. The Labute approximate surface area is 149 Å². The Hall–Kier alpha value is -2.26. The van der Waals surface area contributed by atoms with Gasteiger partial charge in [0.15, 0.2) is 0 Å². The van der Waals surface area contributed by atoms with E-state index in [1.807, 2.05) is 30.3 Å². The Bertz CT molecular complexity index is 688. The molecule has 2 heterocycles. The quantitative estimate of drug-likeness (QED) is 0.556. The monoisotopic (exact) mass is 364 g/mol. The van der Waals surface area contributed by atoms with E-state index in [1.165, 1.54) is 6.08 Å². The first-order chi connectivity index (χ1) is 12.4. The Kier molecular flexibility index (Phi) is 5.38. The van der Waals surface area contributed by atoms with Gasteiger partial charge in [-0.15, -0.1) is 0 Å². The summed E-state index contributed by atoms with van der Waals surface area (Å²) in [4.78, 5) is 23.5. The molecule has 5 unspecified atom stereocenters. The molecule has 8 nitrogen and oxygen atoms in total. The number of fused-ring (bicyclic) bond motifs is 2. The number of hydrogen-bond acceptors (Lipinski definition) is 8. The number of carbonyl (C=O) groups is 2. The summed E-state index contributed by atoms with van der Waals surface area (Å²) in [5.41, 5.74) is 0.847. The van der Waals surface area contributed by atoms with Gasteiger partial charge in [-0.3, -0.25) is 0 Å². The first-order valence-corrected chi connectivity index (χ1v) is 8.15. The van der Waals surface area contributed by atoms with Crippen molar-refractivity contribution in [2.45, 2.75) is 36.6 Å². The molecule has 2 fully saturated rings. The van der Waals surface area contributed by atoms with E-state index in [0.717, 1.165) is 12.7 Å². The Morgan fingerprint density at radius 3 is 2.77 bits per heavy atom. The molecule has 0 radical (unpaired) electrons. The summed E-state index contributed by atoms with van der Waals surface area (Å²) in [5.74, 6) is -3.74. The summed E-state index contributed by atoms with van der Waals surface area (Å²) in [6, 6.07) is 9.24. The van der Waals surface area contributed by atoms with E-state index in [0.29, 0.717) is 0 Å². The molecular formula is C18H20O8. The smallest absolute Gasteiger partial charge is 0.366 e. The fraction of sp³-hybridized carbons (Fsp3) is 0.444. The number of aliphatic hydroxyl groups excluding tert-OH is 1. The number of esters is 2. The standard InChI is InChI=1S/C18H20O8/c1-23-17(21)18(22)9-12-15(20)16(26-18)13(25-12)10-24-14(19)8-7-11-5-3-2-4-6-11/h2-8,12-13,15-16,20,22H,9-10H2,1H3. The van der Waals surface area contributed by atoms with Gasteiger partial charge in [0.25, 0.3) is 5.79 Å². The molecule has 2 saturated heterocycles. The highest BCUT2D eigenvalue weighted by molar-refractivity contribution is 5.87. The first-order valence-electron chi connectivity index (χ1n) is 8.15. The predicted molar refractivity (Wildman–Crippen MR) is 87.6 cm³/mol. The number of benzene rings is 1. The number of carbonyl (C=O) groups excluding carboxylic acids is 2. The van der Waals surface area contributed by atoms with Gasteiger partial charge in [-0.05, 0) is 11.6 Å². The maximum Gasteiger partial charge on any atom is 0.366 e. The van der Waals surface area contributed by atoms with E-state index in [9.17, 15) is 19.8 Å². The Morgan fingerprint density at radius 1 is 1.35 bits per heavy atom. The average molecular weight is 364 g/mol. The number of methoxy groups -OCH3 is 1. The molecule has 0 spiro atoms. The molecule has 2 N–H and O–H groups in total. The second-order valence-electron chi connectivity index (χ2n) is 6.14. The lowest BCUT2D eigenvalue weighted by Gasteiger charge is -2.35. The molecule has 0 aromatic heterocycles. The molecule has 1 aromatic rings. The molecule has 0 saturated carbocycles. The number of hydrogen-bond donors (Lipinski definition) is 2. The van der Waals surface area contributed by atoms with Crippen LogP contribution in [-0.2, 0) is 28.5 Å². The zero-order chi connectivity index (χ0) is 18.7. The molecule has 2 aliphatic rings. The molecule has 140 valence electrons. The zero-order valence-electron chi connectivity index (χ0n) is 14.1. The van der Waals surface area contributed by atoms with Gasteiger partial charge in [-0.2, -0.15) is 0 Å². The maximum atomic E-state index is 11.8. The van der Waals surface area contributed by atoms with Crippen LogP contribution in [0.3, 0.4) is 0 Å². The summed E-state index contributed by atoms with van der Waals surface area (Å²) in [6.45, 7) is -0.187. The van der Waals surface area contributed by atoms with E-state index < -0.39 is 42.1 Å². The highest BCUT2D eigenvalue weighted by Gasteiger charge is 2.59. The lowest BCUT2D eigenvalue weighted by atomic mass is 9.96. The predicted octanol–water partition coefficient (Wildman–Crippen LogP) is 0.0218. The number of ether oxygens (including phenoxy) is 4. The van der Waals surface area contributed by atoms with Gasteiger partial charge in [-0.25, -0.2) is 9.59 Å². The second-order valence-corrected chi connectivity index (χ2v) is 6.14. The average Bonchev–Trinajstić information content (AvgIpc) is 2.83. The zero-order valence-corrected chi connectivity index (χ0v) is 14.1. The third-order valence-corrected chi connectivity index (χ3v) is 4.35. The van der Waals surface area contributed by atoms with Crippen LogP contribution >= 0.6 is 0 Å². The van der Waals surface area contributed by atoms with Gasteiger partial charge in [0.1, 0.15) is 24.9 Å². The Morgan fingerprint density at radius 2 is 2.08 bits per heavy atom. The summed E-state index contributed by atoms with van der Waals surface area (Å²) in [5, 5.41) is 20.4. The van der Waals surface area contributed by atoms with E-state index in [2.05, 4.69) is 4.74 Å². The molecule has 26 heavy (non-hydrogen) atoms. The summed E-state index contributed by atoms with van der Waals surface area (Å²) >= 11 is 0. The van der Waals surface area contributed by atoms with Crippen molar-refractivity contribution in [1.29, 1.82) is 0 Å². The van der Waals surface area contributed by atoms with E-state index in [1.54, 1.807) is 6.08 Å². The minimum absolute atomic E-state index is 0.187. The van der Waals surface area contributed by atoms with Gasteiger partial charge in [-0.1, -0.05) is 30.3 Å². The van der Waals surface area contributed by atoms with Crippen LogP contribution < -0.4 is 0 Å². The van der Waals surface area contributed by atoms with E-state index in [4.69, 9.17) is 14.2 Å². The third kappa shape index (κ3) is 3.78. The molecule has 2 aliphatic heterocycles. The number of aliphatic hydroxyl groups is 2. The highest BCUT2D eigenvalue weighted by Crippen LogP contribution is 2.38. The van der Waals surface area contributed by atoms with Crippen molar-refractivity contribution < 1.29 is 38.7 Å². The third-order valence-electron chi connectivity index (χ3n) is 4.35. The minimum Gasteiger partial charge on any atom is -0.465 e. The lowest BCUT2D eigenvalue weighted by Crippen LogP contribution is -2.56. The van der Waals surface area contributed by atoms with Crippen LogP contribution in [0.15, 0.2) is 36.4 Å². The lowest BCUT2D eigenvalue weighted by molar-refractivity contribution is -0.271. The molecule has 8 heteroatoms. The molecule has 0 amide bonds. The largest absolute Gasteiger partial charge is 0.465 e. The maximum absolute atomic E-state index is 11.8. The van der Waals surface area contributed by atoms with Crippen molar-refractivity contribution in [2.24, 2.45) is 0 Å². The SMILES string of the molecule is COC(=O)C1(O)CC2OC(COC(=O)C=Cc3ccccc3)C(O1)C2O. The van der Waals surface area contributed by atoms with Crippen LogP contribution in [0.2, 0.25) is 0 Å². The fourth-order valence-electron chi connectivity index (χ4n) is 3.04. The van der Waals surface area contributed by atoms with E-state index >= 15 is 0 Å². The van der Waals surface area contributed by atoms with Crippen molar-refractivity contribution in [2.75, 3.05) is 13.7 Å². The summed E-state index contributed by atoms with van der Waals surface area (Å²) in [7, 11) is 1.12. The van der Waals surface area contributed by atoms with Crippen molar-refractivity contribution in [3.8, 4) is 0 Å². The van der Waals surface area contributed by atoms with Crippen molar-refractivity contribution in [3.05, 3.63) is 42.0 Å². The van der Waals surface area contributed by atoms with Crippen LogP contribution in [0, 0.1) is 0 Å². The summed E-state index contributed by atoms with van der Waals surface area (Å²) in [6.07, 6.45) is -1.05. The fourth-order valence-corrected chi connectivity index (χ4v) is 3.04. The Balaban J connectivity index is 1.57. The second kappa shape index (κ2) is 7.55. The normalized spacial score (nSPS) is 33.2. The molecular weight excluding hydrogens is 344 g/mol. The topological polar surface area (TPSA) is 112 Å². The van der Waals surface area contributed by atoms with Crippen molar-refractivity contribution >= 4 is 18.0 Å². The number of rotatable bonds is 5. The minimum atomic E-state index is -2.19. The van der Waals surface area contributed by atoms with Crippen LogP contribution in [0.1, 0.15) is 12.0 Å². The van der Waals surface area contributed by atoms with E-state index in [-0.39, 0.29) is 13.0 Å².